The van der Waals surface area contributed by atoms with Crippen LogP contribution in [0.2, 0.25) is 0 Å². The lowest BCUT2D eigenvalue weighted by Gasteiger charge is -2.33. The monoisotopic (exact) mass is 274 g/mol. The molecule has 20 heavy (non-hydrogen) atoms. The van der Waals surface area contributed by atoms with E-state index in [4.69, 9.17) is 0 Å². The Labute approximate surface area is 124 Å². The van der Waals surface area contributed by atoms with Crippen LogP contribution in [0, 0.1) is 13.8 Å². The van der Waals surface area contributed by atoms with Gasteiger partial charge in [0.05, 0.1) is 0 Å². The molecular formula is C18H30N2. The van der Waals surface area contributed by atoms with E-state index in [-0.39, 0.29) is 0 Å². The molecule has 0 aliphatic carbocycles. The van der Waals surface area contributed by atoms with E-state index in [0.29, 0.717) is 0 Å². The van der Waals surface area contributed by atoms with Gasteiger partial charge in [-0.3, -0.25) is 0 Å². The molecule has 2 heteroatoms. The zero-order chi connectivity index (χ0) is 14.4. The minimum Gasteiger partial charge on any atom is -0.313 e. The van der Waals surface area contributed by atoms with Gasteiger partial charge in [0.25, 0.3) is 0 Å². The molecule has 1 aliphatic heterocycles. The topological polar surface area (TPSA) is 15.3 Å². The van der Waals surface area contributed by atoms with Gasteiger partial charge in [0.2, 0.25) is 0 Å². The van der Waals surface area contributed by atoms with Crippen molar-refractivity contribution in [3.8, 4) is 0 Å². The number of aryl methyl sites for hydroxylation is 2. The average molecular weight is 274 g/mol. The predicted molar refractivity (Wildman–Crippen MR) is 87.1 cm³/mol. The first-order valence-corrected chi connectivity index (χ1v) is 8.17. The second-order valence-electron chi connectivity index (χ2n) is 6.34. The molecule has 1 unspecified atom stereocenters. The first-order chi connectivity index (χ1) is 9.66. The Kier molecular flexibility index (Phi) is 6.06. The number of piperidine rings is 1. The summed E-state index contributed by atoms with van der Waals surface area (Å²) in [7, 11) is 0. The summed E-state index contributed by atoms with van der Waals surface area (Å²) in [6.07, 6.45) is 5.45. The Morgan fingerprint density at radius 2 is 2.10 bits per heavy atom. The Morgan fingerprint density at radius 3 is 2.90 bits per heavy atom. The van der Waals surface area contributed by atoms with Crippen molar-refractivity contribution in [2.24, 2.45) is 0 Å². The van der Waals surface area contributed by atoms with Gasteiger partial charge in [-0.25, -0.2) is 0 Å². The van der Waals surface area contributed by atoms with Gasteiger partial charge in [-0.1, -0.05) is 30.2 Å². The second-order valence-corrected chi connectivity index (χ2v) is 6.34. The van der Waals surface area contributed by atoms with Crippen LogP contribution >= 0.6 is 0 Å². The average Bonchev–Trinajstić information content (AvgIpc) is 2.44. The number of nitrogens with one attached hydrogen (secondary N) is 1. The number of rotatable bonds is 6. The van der Waals surface area contributed by atoms with Crippen LogP contribution in [0.5, 0.6) is 0 Å². The highest BCUT2D eigenvalue weighted by atomic mass is 15.2. The van der Waals surface area contributed by atoms with Crippen LogP contribution in [0.15, 0.2) is 18.2 Å². The minimum absolute atomic E-state index is 0.794. The molecule has 1 atom stereocenters. The van der Waals surface area contributed by atoms with E-state index in [9.17, 15) is 0 Å². The summed E-state index contributed by atoms with van der Waals surface area (Å²) in [6.45, 7) is 11.4. The van der Waals surface area contributed by atoms with Gasteiger partial charge in [-0.2, -0.15) is 0 Å². The lowest BCUT2D eigenvalue weighted by molar-refractivity contribution is 0.159. The molecular weight excluding hydrogens is 244 g/mol. The lowest BCUT2D eigenvalue weighted by atomic mass is 10.0. The van der Waals surface area contributed by atoms with Crippen molar-refractivity contribution in [3.05, 3.63) is 34.9 Å². The van der Waals surface area contributed by atoms with Crippen molar-refractivity contribution in [2.75, 3.05) is 19.6 Å². The fraction of sp³-hybridized carbons (Fsp3) is 0.667. The number of hydrogen-bond donors (Lipinski definition) is 1. The molecule has 2 nitrogen and oxygen atoms in total. The van der Waals surface area contributed by atoms with E-state index in [1.807, 2.05) is 0 Å². The first kappa shape index (κ1) is 15.5. The number of likely N-dealkylation sites (tertiary alicyclic amines) is 1. The molecule has 1 heterocycles. The molecule has 1 saturated heterocycles. The number of nitrogens with zero attached hydrogens (tertiary/aromatic N) is 1. The normalized spacial score (nSPS) is 20.2. The first-order valence-electron chi connectivity index (χ1n) is 8.17. The fourth-order valence-electron chi connectivity index (χ4n) is 3.11. The molecule has 1 fully saturated rings. The summed E-state index contributed by atoms with van der Waals surface area (Å²) in [4.78, 5) is 2.66. The summed E-state index contributed by atoms with van der Waals surface area (Å²) in [5.41, 5.74) is 4.19. The van der Waals surface area contributed by atoms with Gasteiger partial charge in [0, 0.05) is 12.6 Å². The fourth-order valence-corrected chi connectivity index (χ4v) is 3.11. The van der Waals surface area contributed by atoms with Crippen LogP contribution < -0.4 is 5.32 Å². The zero-order valence-corrected chi connectivity index (χ0v) is 13.4. The van der Waals surface area contributed by atoms with Crippen molar-refractivity contribution in [2.45, 2.75) is 59.0 Å². The van der Waals surface area contributed by atoms with Crippen molar-refractivity contribution in [3.63, 3.8) is 0 Å². The van der Waals surface area contributed by atoms with Crippen molar-refractivity contribution < 1.29 is 0 Å². The highest BCUT2D eigenvalue weighted by Gasteiger charge is 2.16. The van der Waals surface area contributed by atoms with Gasteiger partial charge < -0.3 is 10.2 Å². The molecule has 0 radical (unpaired) electrons. The molecule has 0 bridgehead atoms. The minimum atomic E-state index is 0.794. The third kappa shape index (κ3) is 4.60. The van der Waals surface area contributed by atoms with Gasteiger partial charge in [0.1, 0.15) is 0 Å². The zero-order valence-electron chi connectivity index (χ0n) is 13.4. The summed E-state index contributed by atoms with van der Waals surface area (Å²) in [5.74, 6) is 0. The molecule has 1 aromatic rings. The molecule has 0 amide bonds. The Morgan fingerprint density at radius 1 is 1.25 bits per heavy atom. The maximum atomic E-state index is 3.60. The summed E-state index contributed by atoms with van der Waals surface area (Å²) >= 11 is 0. The van der Waals surface area contributed by atoms with Gasteiger partial charge in [0.15, 0.2) is 0 Å². The second kappa shape index (κ2) is 7.80. The van der Waals surface area contributed by atoms with Crippen molar-refractivity contribution in [1.82, 2.24) is 10.2 Å². The summed E-state index contributed by atoms with van der Waals surface area (Å²) < 4.78 is 0. The Hall–Kier alpha value is -0.860. The lowest BCUT2D eigenvalue weighted by Crippen LogP contribution is -2.38. The third-order valence-corrected chi connectivity index (χ3v) is 4.56. The van der Waals surface area contributed by atoms with Crippen LogP contribution in [-0.2, 0) is 6.54 Å². The van der Waals surface area contributed by atoms with E-state index in [0.717, 1.165) is 19.1 Å². The number of hydrogen-bond acceptors (Lipinski definition) is 2. The Bertz CT molecular complexity index is 414. The third-order valence-electron chi connectivity index (χ3n) is 4.56. The summed E-state index contributed by atoms with van der Waals surface area (Å²) in [6, 6.07) is 7.51. The molecule has 1 aromatic carbocycles. The number of benzene rings is 1. The van der Waals surface area contributed by atoms with Crippen molar-refractivity contribution in [1.29, 1.82) is 0 Å². The molecule has 2 rings (SSSR count). The SMILES string of the molecule is Cc1ccc(C)c(CNCCCN2CCCCC2C)c1. The quantitative estimate of drug-likeness (QED) is 0.796. The van der Waals surface area contributed by atoms with E-state index in [2.05, 4.69) is 49.2 Å². The molecule has 0 saturated carbocycles. The van der Waals surface area contributed by atoms with E-state index >= 15 is 0 Å². The van der Waals surface area contributed by atoms with Crippen LogP contribution in [-0.4, -0.2) is 30.6 Å². The summed E-state index contributed by atoms with van der Waals surface area (Å²) in [5, 5.41) is 3.60. The molecule has 0 spiro atoms. The molecule has 112 valence electrons. The maximum Gasteiger partial charge on any atom is 0.0208 e. The van der Waals surface area contributed by atoms with E-state index in [1.54, 1.807) is 0 Å². The molecule has 0 aromatic heterocycles. The van der Waals surface area contributed by atoms with E-state index in [1.165, 1.54) is 55.5 Å². The van der Waals surface area contributed by atoms with Crippen molar-refractivity contribution >= 4 is 0 Å². The predicted octanol–water partition coefficient (Wildman–Crippen LogP) is 3.66. The van der Waals surface area contributed by atoms with Gasteiger partial charge in [-0.15, -0.1) is 0 Å². The highest BCUT2D eigenvalue weighted by molar-refractivity contribution is 5.30. The maximum absolute atomic E-state index is 3.60. The van der Waals surface area contributed by atoms with Crippen LogP contribution in [0.3, 0.4) is 0 Å². The standard InChI is InChI=1S/C18H30N2/c1-15-8-9-16(2)18(13-15)14-19-10-6-12-20-11-5-4-7-17(20)3/h8-9,13,17,19H,4-7,10-12,14H2,1-3H3. The van der Waals surface area contributed by atoms with E-state index < -0.39 is 0 Å². The van der Waals surface area contributed by atoms with Crippen LogP contribution in [0.1, 0.15) is 49.3 Å². The molecule has 1 N–H and O–H groups in total. The van der Waals surface area contributed by atoms with Crippen LogP contribution in [0.4, 0.5) is 0 Å². The highest BCUT2D eigenvalue weighted by Crippen LogP contribution is 2.16. The largest absolute Gasteiger partial charge is 0.313 e. The molecule has 1 aliphatic rings. The van der Waals surface area contributed by atoms with Gasteiger partial charge >= 0.3 is 0 Å². The Balaban J connectivity index is 1.65. The smallest absolute Gasteiger partial charge is 0.0208 e. The van der Waals surface area contributed by atoms with Gasteiger partial charge in [-0.05, 0) is 70.8 Å². The van der Waals surface area contributed by atoms with Crippen LogP contribution in [0.25, 0.3) is 0 Å².